The van der Waals surface area contributed by atoms with Crippen molar-refractivity contribution in [1.82, 2.24) is 19.7 Å². The molecule has 1 rings (SSSR count). The molecule has 126 valence electrons. The van der Waals surface area contributed by atoms with Crippen LogP contribution in [0.25, 0.3) is 0 Å². The predicted molar refractivity (Wildman–Crippen MR) is 105 cm³/mol. The highest BCUT2D eigenvalue weighted by atomic mass is 127. The number of aryl methyl sites for hydroxylation is 1. The van der Waals surface area contributed by atoms with E-state index in [1.165, 1.54) is 0 Å². The number of nitrogens with one attached hydrogen (secondary N) is 1. The zero-order chi connectivity index (χ0) is 16.0. The Labute approximate surface area is 158 Å². The topological polar surface area (TPSA) is 52.9 Å². The molecule has 1 heterocycles. The highest BCUT2D eigenvalue weighted by Gasteiger charge is 2.11. The van der Waals surface area contributed by atoms with E-state index in [2.05, 4.69) is 36.9 Å². The monoisotopic (exact) mass is 485 g/mol. The Hall–Kier alpha value is -0.770. The lowest BCUT2D eigenvalue weighted by Gasteiger charge is -2.22. The molecule has 0 aliphatic heterocycles. The van der Waals surface area contributed by atoms with Crippen LogP contribution in [0.1, 0.15) is 12.6 Å². The van der Waals surface area contributed by atoms with Crippen molar-refractivity contribution in [3.63, 3.8) is 0 Å². The molecule has 0 aromatic carbocycles. The summed E-state index contributed by atoms with van der Waals surface area (Å²) < 4.78 is 3.12. The first kappa shape index (κ1) is 21.2. The molecule has 0 fully saturated rings. The summed E-state index contributed by atoms with van der Waals surface area (Å²) in [7, 11) is 7.43. The predicted octanol–water partition coefficient (Wildman–Crippen LogP) is 1.89. The molecule has 1 aromatic heterocycles. The van der Waals surface area contributed by atoms with Gasteiger partial charge in [0.25, 0.3) is 0 Å². The van der Waals surface area contributed by atoms with Crippen molar-refractivity contribution in [2.75, 3.05) is 34.2 Å². The van der Waals surface area contributed by atoms with Gasteiger partial charge < -0.3 is 19.7 Å². The Balaban J connectivity index is 0.00000441. The summed E-state index contributed by atoms with van der Waals surface area (Å²) >= 11 is 3.47. The highest BCUT2D eigenvalue weighted by molar-refractivity contribution is 14.0. The molecule has 0 spiro atoms. The molecule has 1 amide bonds. The number of carbonyl (C=O) groups excluding carboxylic acids is 1. The second kappa shape index (κ2) is 10.1. The van der Waals surface area contributed by atoms with Gasteiger partial charge in [0.15, 0.2) is 5.96 Å². The maximum atomic E-state index is 11.7. The van der Waals surface area contributed by atoms with Gasteiger partial charge in [0.1, 0.15) is 6.54 Å². The van der Waals surface area contributed by atoms with Crippen LogP contribution in [0.15, 0.2) is 21.7 Å². The molecule has 0 saturated heterocycles. The van der Waals surface area contributed by atoms with Crippen molar-refractivity contribution in [3.05, 3.63) is 22.4 Å². The lowest BCUT2D eigenvalue weighted by molar-refractivity contribution is -0.127. The maximum Gasteiger partial charge on any atom is 0.243 e. The third-order valence-electron chi connectivity index (χ3n) is 3.03. The van der Waals surface area contributed by atoms with E-state index >= 15 is 0 Å². The number of nitrogens with zero attached hydrogens (tertiary/aromatic N) is 4. The fraction of sp³-hybridized carbons (Fsp3) is 0.571. The molecule has 1 N–H and O–H groups in total. The van der Waals surface area contributed by atoms with Gasteiger partial charge in [0.05, 0.1) is 6.54 Å². The third kappa shape index (κ3) is 6.55. The van der Waals surface area contributed by atoms with Crippen molar-refractivity contribution in [2.24, 2.45) is 12.0 Å². The molecule has 0 atom stereocenters. The van der Waals surface area contributed by atoms with Crippen molar-refractivity contribution in [2.45, 2.75) is 13.5 Å². The molecule has 1 aromatic rings. The lowest BCUT2D eigenvalue weighted by Crippen LogP contribution is -2.39. The van der Waals surface area contributed by atoms with Gasteiger partial charge in [-0.2, -0.15) is 0 Å². The Kier molecular flexibility index (Phi) is 9.74. The van der Waals surface area contributed by atoms with Crippen molar-refractivity contribution in [3.8, 4) is 0 Å². The number of likely N-dealkylation sites (N-methyl/N-ethyl adjacent to an activating group) is 1. The van der Waals surface area contributed by atoms with E-state index in [0.29, 0.717) is 6.54 Å². The van der Waals surface area contributed by atoms with Crippen LogP contribution < -0.4 is 5.32 Å². The standard InChI is InChI=1S/C14H24BrN5O.HI/c1-6-16-14(17-8-13(21)18(2)3)20(5)10-12-7-11(15)9-19(12)4;/h7,9H,6,8,10H2,1-5H3,(H,16,17);1H. The minimum absolute atomic E-state index is 0. The molecule has 0 radical (unpaired) electrons. The number of rotatable bonds is 5. The SMILES string of the molecule is CCNC(=NCC(=O)N(C)C)N(C)Cc1cc(Br)cn1C.I. The zero-order valence-corrected chi connectivity index (χ0v) is 17.7. The van der Waals surface area contributed by atoms with E-state index in [9.17, 15) is 4.79 Å². The first-order chi connectivity index (χ1) is 9.85. The molecule has 22 heavy (non-hydrogen) atoms. The largest absolute Gasteiger partial charge is 0.357 e. The summed E-state index contributed by atoms with van der Waals surface area (Å²) in [6.45, 7) is 3.63. The normalized spacial score (nSPS) is 10.9. The summed E-state index contributed by atoms with van der Waals surface area (Å²) in [6.07, 6.45) is 2.02. The summed E-state index contributed by atoms with van der Waals surface area (Å²) in [4.78, 5) is 19.6. The van der Waals surface area contributed by atoms with E-state index in [4.69, 9.17) is 0 Å². The number of aliphatic imine (C=N–C) groups is 1. The van der Waals surface area contributed by atoms with Crippen LogP contribution in [0.4, 0.5) is 0 Å². The number of hydrogen-bond acceptors (Lipinski definition) is 2. The van der Waals surface area contributed by atoms with E-state index in [-0.39, 0.29) is 36.4 Å². The van der Waals surface area contributed by atoms with Crippen LogP contribution in [0.3, 0.4) is 0 Å². The number of hydrogen-bond donors (Lipinski definition) is 1. The van der Waals surface area contributed by atoms with E-state index in [1.54, 1.807) is 19.0 Å². The van der Waals surface area contributed by atoms with Gasteiger partial charge in [-0.3, -0.25) is 4.79 Å². The average molecular weight is 486 g/mol. The second-order valence-corrected chi connectivity index (χ2v) is 5.99. The van der Waals surface area contributed by atoms with Gasteiger partial charge in [-0.15, -0.1) is 24.0 Å². The fourth-order valence-corrected chi connectivity index (χ4v) is 2.37. The van der Waals surface area contributed by atoms with Gasteiger partial charge in [-0.1, -0.05) is 0 Å². The number of amides is 1. The fourth-order valence-electron chi connectivity index (χ4n) is 1.79. The van der Waals surface area contributed by atoms with Crippen LogP contribution in [0.2, 0.25) is 0 Å². The third-order valence-corrected chi connectivity index (χ3v) is 3.47. The van der Waals surface area contributed by atoms with Gasteiger partial charge in [-0.25, -0.2) is 4.99 Å². The molecular formula is C14H25BrIN5O. The van der Waals surface area contributed by atoms with Gasteiger partial charge in [0.2, 0.25) is 5.91 Å². The lowest BCUT2D eigenvalue weighted by atomic mass is 10.4. The molecule has 0 aliphatic rings. The molecule has 0 aliphatic carbocycles. The van der Waals surface area contributed by atoms with Gasteiger partial charge in [-0.05, 0) is 28.9 Å². The van der Waals surface area contributed by atoms with E-state index < -0.39 is 0 Å². The van der Waals surface area contributed by atoms with E-state index in [1.807, 2.05) is 32.1 Å². The number of carbonyl (C=O) groups is 1. The smallest absolute Gasteiger partial charge is 0.243 e. The quantitative estimate of drug-likeness (QED) is 0.393. The first-order valence-corrected chi connectivity index (χ1v) is 7.64. The second-order valence-electron chi connectivity index (χ2n) is 5.07. The number of guanidine groups is 1. The Morgan fingerprint density at radius 2 is 2.05 bits per heavy atom. The van der Waals surface area contributed by atoms with Gasteiger partial charge in [0, 0.05) is 51.1 Å². The van der Waals surface area contributed by atoms with Crippen molar-refractivity contribution in [1.29, 1.82) is 0 Å². The molecule has 0 unspecified atom stereocenters. The summed E-state index contributed by atoms with van der Waals surface area (Å²) in [6, 6.07) is 2.07. The summed E-state index contributed by atoms with van der Waals surface area (Å²) in [5, 5.41) is 3.21. The molecule has 0 saturated carbocycles. The maximum absolute atomic E-state index is 11.7. The zero-order valence-electron chi connectivity index (χ0n) is 13.8. The van der Waals surface area contributed by atoms with Crippen LogP contribution in [-0.4, -0.2) is 60.5 Å². The highest BCUT2D eigenvalue weighted by Crippen LogP contribution is 2.14. The molecule has 6 nitrogen and oxygen atoms in total. The molecule has 8 heteroatoms. The summed E-state index contributed by atoms with van der Waals surface area (Å²) in [5.74, 6) is 0.713. The Morgan fingerprint density at radius 3 is 2.50 bits per heavy atom. The first-order valence-electron chi connectivity index (χ1n) is 6.85. The van der Waals surface area contributed by atoms with Crippen LogP contribution in [0, 0.1) is 0 Å². The van der Waals surface area contributed by atoms with Crippen LogP contribution in [0.5, 0.6) is 0 Å². The van der Waals surface area contributed by atoms with Crippen molar-refractivity contribution < 1.29 is 4.79 Å². The Morgan fingerprint density at radius 1 is 1.41 bits per heavy atom. The van der Waals surface area contributed by atoms with Crippen LogP contribution >= 0.6 is 39.9 Å². The molecule has 0 bridgehead atoms. The Bertz CT molecular complexity index is 515. The number of halogens is 2. The number of aromatic nitrogens is 1. The average Bonchev–Trinajstić information content (AvgIpc) is 2.72. The minimum Gasteiger partial charge on any atom is -0.357 e. The minimum atomic E-state index is -0.0135. The van der Waals surface area contributed by atoms with Crippen molar-refractivity contribution >= 4 is 51.8 Å². The van der Waals surface area contributed by atoms with E-state index in [0.717, 1.165) is 22.7 Å². The van der Waals surface area contributed by atoms with Crippen LogP contribution in [-0.2, 0) is 18.4 Å². The van der Waals surface area contributed by atoms with Gasteiger partial charge >= 0.3 is 0 Å². The molecular weight excluding hydrogens is 461 g/mol. The summed E-state index contributed by atoms with van der Waals surface area (Å²) in [5.41, 5.74) is 1.16.